The van der Waals surface area contributed by atoms with Crippen LogP contribution in [0, 0.1) is 5.92 Å². The average Bonchev–Trinajstić information content (AvgIpc) is 2.25. The summed E-state index contributed by atoms with van der Waals surface area (Å²) in [5, 5.41) is 3.39. The third kappa shape index (κ3) is 8.47. The summed E-state index contributed by atoms with van der Waals surface area (Å²) in [5.74, 6) is 0.495. The van der Waals surface area contributed by atoms with E-state index in [4.69, 9.17) is 0 Å². The number of alkyl halides is 3. The van der Waals surface area contributed by atoms with Gasteiger partial charge in [0.1, 0.15) is 0 Å². The van der Waals surface area contributed by atoms with Gasteiger partial charge in [-0.05, 0) is 31.7 Å². The van der Waals surface area contributed by atoms with Crippen molar-refractivity contribution in [3.05, 3.63) is 0 Å². The fraction of sp³-hybridized carbons (Fsp3) is 1.00. The molecule has 0 saturated carbocycles. The van der Waals surface area contributed by atoms with Gasteiger partial charge in [-0.2, -0.15) is 13.2 Å². The van der Waals surface area contributed by atoms with Crippen molar-refractivity contribution in [3.8, 4) is 0 Å². The molecule has 4 heteroatoms. The first-order chi connectivity index (χ1) is 7.94. The van der Waals surface area contributed by atoms with E-state index in [9.17, 15) is 13.2 Å². The number of rotatable bonds is 9. The van der Waals surface area contributed by atoms with Gasteiger partial charge in [-0.25, -0.2) is 0 Å². The van der Waals surface area contributed by atoms with E-state index in [1.54, 1.807) is 0 Å². The molecule has 0 aliphatic rings. The maximum atomic E-state index is 12.1. The van der Waals surface area contributed by atoms with Crippen molar-refractivity contribution < 1.29 is 13.2 Å². The summed E-state index contributed by atoms with van der Waals surface area (Å²) < 4.78 is 36.3. The number of nitrogens with one attached hydrogen (secondary N) is 1. The molecule has 0 fully saturated rings. The van der Waals surface area contributed by atoms with Crippen LogP contribution in [0.15, 0.2) is 0 Å². The van der Waals surface area contributed by atoms with Crippen LogP contribution >= 0.6 is 0 Å². The van der Waals surface area contributed by atoms with Gasteiger partial charge >= 0.3 is 6.18 Å². The average molecular weight is 253 g/mol. The van der Waals surface area contributed by atoms with Crippen molar-refractivity contribution in [2.75, 3.05) is 6.54 Å². The van der Waals surface area contributed by atoms with Crippen molar-refractivity contribution in [2.45, 2.75) is 71.5 Å². The Kier molecular flexibility index (Phi) is 8.66. The van der Waals surface area contributed by atoms with Crippen molar-refractivity contribution in [3.63, 3.8) is 0 Å². The fourth-order valence-electron chi connectivity index (χ4n) is 2.21. The Labute approximate surface area is 103 Å². The summed E-state index contributed by atoms with van der Waals surface area (Å²) in [7, 11) is 0. The standard InChI is InChI=1S/C13H26F3N/c1-4-10-17-12(11(5-2)6-3)8-7-9-13(14,15)16/h11-12,17H,4-10H2,1-3H3. The van der Waals surface area contributed by atoms with Crippen LogP contribution in [0.25, 0.3) is 0 Å². The molecule has 0 rings (SSSR count). The highest BCUT2D eigenvalue weighted by Gasteiger charge is 2.27. The van der Waals surface area contributed by atoms with E-state index in [-0.39, 0.29) is 12.5 Å². The molecule has 0 aromatic rings. The first-order valence-electron chi connectivity index (χ1n) is 6.74. The second kappa shape index (κ2) is 8.78. The van der Waals surface area contributed by atoms with Gasteiger partial charge in [-0.15, -0.1) is 0 Å². The van der Waals surface area contributed by atoms with E-state index >= 15 is 0 Å². The second-order valence-electron chi connectivity index (χ2n) is 4.64. The van der Waals surface area contributed by atoms with Gasteiger partial charge in [0.25, 0.3) is 0 Å². The summed E-state index contributed by atoms with van der Waals surface area (Å²) in [6.45, 7) is 7.19. The van der Waals surface area contributed by atoms with E-state index in [1.165, 1.54) is 0 Å². The summed E-state index contributed by atoms with van der Waals surface area (Å²) >= 11 is 0. The minimum absolute atomic E-state index is 0.237. The van der Waals surface area contributed by atoms with Gasteiger partial charge in [0, 0.05) is 12.5 Å². The largest absolute Gasteiger partial charge is 0.389 e. The lowest BCUT2D eigenvalue weighted by Crippen LogP contribution is -2.36. The Hall–Kier alpha value is -0.250. The normalized spacial score (nSPS) is 14.3. The highest BCUT2D eigenvalue weighted by Crippen LogP contribution is 2.25. The molecular formula is C13H26F3N. The highest BCUT2D eigenvalue weighted by atomic mass is 19.4. The van der Waals surface area contributed by atoms with Gasteiger partial charge in [-0.1, -0.05) is 33.6 Å². The summed E-state index contributed by atoms with van der Waals surface area (Å²) in [6.07, 6.45) is -0.711. The van der Waals surface area contributed by atoms with Crippen LogP contribution in [-0.4, -0.2) is 18.8 Å². The molecular weight excluding hydrogens is 227 g/mol. The molecule has 17 heavy (non-hydrogen) atoms. The van der Waals surface area contributed by atoms with Crippen LogP contribution in [0.1, 0.15) is 59.3 Å². The van der Waals surface area contributed by atoms with Gasteiger partial charge in [0.05, 0.1) is 0 Å². The van der Waals surface area contributed by atoms with Crippen molar-refractivity contribution in [1.29, 1.82) is 0 Å². The Balaban J connectivity index is 4.09. The zero-order chi connectivity index (χ0) is 13.3. The van der Waals surface area contributed by atoms with Crippen molar-refractivity contribution in [2.24, 2.45) is 5.92 Å². The zero-order valence-corrected chi connectivity index (χ0v) is 11.2. The van der Waals surface area contributed by atoms with Gasteiger partial charge in [-0.3, -0.25) is 0 Å². The molecule has 0 aromatic heterocycles. The van der Waals surface area contributed by atoms with E-state index in [0.717, 1.165) is 25.8 Å². The van der Waals surface area contributed by atoms with Gasteiger partial charge in [0.2, 0.25) is 0 Å². The molecule has 0 amide bonds. The number of hydrogen-bond donors (Lipinski definition) is 1. The molecule has 0 spiro atoms. The van der Waals surface area contributed by atoms with Crippen LogP contribution in [-0.2, 0) is 0 Å². The second-order valence-corrected chi connectivity index (χ2v) is 4.64. The first kappa shape index (κ1) is 16.8. The summed E-state index contributed by atoms with van der Waals surface area (Å²) in [6, 6.07) is 0.243. The number of hydrogen-bond acceptors (Lipinski definition) is 1. The molecule has 0 aromatic carbocycles. The Bertz CT molecular complexity index is 176. The fourth-order valence-corrected chi connectivity index (χ4v) is 2.21. The van der Waals surface area contributed by atoms with Gasteiger partial charge < -0.3 is 5.32 Å². The zero-order valence-electron chi connectivity index (χ0n) is 11.2. The van der Waals surface area contributed by atoms with E-state index < -0.39 is 12.6 Å². The minimum Gasteiger partial charge on any atom is -0.314 e. The highest BCUT2D eigenvalue weighted by molar-refractivity contribution is 4.75. The summed E-state index contributed by atoms with van der Waals surface area (Å²) in [4.78, 5) is 0. The SMILES string of the molecule is CCCNC(CCCC(F)(F)F)C(CC)CC. The number of halogens is 3. The lowest BCUT2D eigenvalue weighted by atomic mass is 9.90. The quantitative estimate of drug-likeness (QED) is 0.637. The molecule has 0 radical (unpaired) electrons. The van der Waals surface area contributed by atoms with E-state index in [2.05, 4.69) is 26.1 Å². The predicted molar refractivity (Wildman–Crippen MR) is 66.1 cm³/mol. The summed E-state index contributed by atoms with van der Waals surface area (Å²) in [5.41, 5.74) is 0. The Morgan fingerprint density at radius 1 is 1.06 bits per heavy atom. The molecule has 0 bridgehead atoms. The smallest absolute Gasteiger partial charge is 0.314 e. The molecule has 0 saturated heterocycles. The lowest BCUT2D eigenvalue weighted by molar-refractivity contribution is -0.136. The topological polar surface area (TPSA) is 12.0 Å². The van der Waals surface area contributed by atoms with Crippen molar-refractivity contribution in [1.82, 2.24) is 5.32 Å². The maximum absolute atomic E-state index is 12.1. The third-order valence-corrected chi connectivity index (χ3v) is 3.25. The molecule has 1 unspecified atom stereocenters. The maximum Gasteiger partial charge on any atom is 0.389 e. The Morgan fingerprint density at radius 3 is 2.06 bits per heavy atom. The van der Waals surface area contributed by atoms with Crippen LogP contribution in [0.3, 0.4) is 0 Å². The van der Waals surface area contributed by atoms with E-state index in [1.807, 2.05) is 0 Å². The third-order valence-electron chi connectivity index (χ3n) is 3.25. The molecule has 0 aliphatic carbocycles. The molecule has 0 aliphatic heterocycles. The molecule has 1 N–H and O–H groups in total. The van der Waals surface area contributed by atoms with Crippen LogP contribution < -0.4 is 5.32 Å². The van der Waals surface area contributed by atoms with Crippen LogP contribution in [0.4, 0.5) is 13.2 Å². The van der Waals surface area contributed by atoms with Crippen molar-refractivity contribution >= 4 is 0 Å². The predicted octanol–water partition coefficient (Wildman–Crippen LogP) is 4.52. The molecule has 1 atom stereocenters. The molecule has 104 valence electrons. The van der Waals surface area contributed by atoms with E-state index in [0.29, 0.717) is 12.3 Å². The monoisotopic (exact) mass is 253 g/mol. The molecule has 0 heterocycles. The molecule has 1 nitrogen and oxygen atoms in total. The van der Waals surface area contributed by atoms with Crippen LogP contribution in [0.5, 0.6) is 0 Å². The van der Waals surface area contributed by atoms with Gasteiger partial charge in [0.15, 0.2) is 0 Å². The lowest BCUT2D eigenvalue weighted by Gasteiger charge is -2.26. The first-order valence-corrected chi connectivity index (χ1v) is 6.74. The minimum atomic E-state index is -4.01. The van der Waals surface area contributed by atoms with Crippen LogP contribution in [0.2, 0.25) is 0 Å². The Morgan fingerprint density at radius 2 is 1.65 bits per heavy atom.